The second kappa shape index (κ2) is 9.27. The first-order valence-electron chi connectivity index (χ1n) is 9.08. The van der Waals surface area contributed by atoms with Gasteiger partial charge < -0.3 is 15.1 Å². The van der Waals surface area contributed by atoms with Gasteiger partial charge in [0.15, 0.2) is 5.76 Å². The average Bonchev–Trinajstić information content (AvgIpc) is 3.37. The highest BCUT2D eigenvalue weighted by molar-refractivity contribution is 7.18. The van der Waals surface area contributed by atoms with Crippen LogP contribution in [0.4, 0.5) is 5.13 Å². The third-order valence-corrected chi connectivity index (χ3v) is 4.99. The fourth-order valence-electron chi connectivity index (χ4n) is 2.53. The van der Waals surface area contributed by atoms with E-state index in [4.69, 9.17) is 4.42 Å². The van der Waals surface area contributed by atoms with Crippen molar-refractivity contribution in [2.75, 3.05) is 11.9 Å². The van der Waals surface area contributed by atoms with Gasteiger partial charge >= 0.3 is 0 Å². The van der Waals surface area contributed by atoms with Crippen LogP contribution >= 0.6 is 11.3 Å². The quantitative estimate of drug-likeness (QED) is 0.558. The van der Waals surface area contributed by atoms with E-state index in [1.54, 1.807) is 12.1 Å². The molecule has 2 heterocycles. The molecule has 3 rings (SSSR count). The third-order valence-electron chi connectivity index (χ3n) is 4.11. The van der Waals surface area contributed by atoms with Crippen molar-refractivity contribution in [2.45, 2.75) is 32.6 Å². The Hall–Kier alpha value is -3.00. The number of furan rings is 1. The Bertz CT molecular complexity index is 917. The number of amides is 2. The van der Waals surface area contributed by atoms with Crippen LogP contribution in [0.3, 0.4) is 0 Å². The summed E-state index contributed by atoms with van der Waals surface area (Å²) >= 11 is 1.33. The molecule has 0 fully saturated rings. The molecule has 28 heavy (non-hydrogen) atoms. The zero-order valence-corrected chi connectivity index (χ0v) is 16.6. The first-order valence-corrected chi connectivity index (χ1v) is 9.90. The standard InChI is InChI=1S/C20H22N4O3S/c1-13(2)14-7-9-15(10-8-14)19-23-24-20(28-19)22-17(25)6-3-11-21-18(26)16-5-4-12-27-16/h4-5,7-10,12-13H,3,6,11H2,1-2H3,(H,21,26)(H,22,24,25). The zero-order valence-electron chi connectivity index (χ0n) is 15.8. The van der Waals surface area contributed by atoms with E-state index in [0.29, 0.717) is 24.0 Å². The molecular weight excluding hydrogens is 376 g/mol. The number of aromatic nitrogens is 2. The lowest BCUT2D eigenvalue weighted by Crippen LogP contribution is -2.25. The highest BCUT2D eigenvalue weighted by Crippen LogP contribution is 2.27. The van der Waals surface area contributed by atoms with E-state index in [1.807, 2.05) is 12.1 Å². The molecule has 8 heteroatoms. The van der Waals surface area contributed by atoms with Gasteiger partial charge in [0.1, 0.15) is 5.01 Å². The Labute approximate surface area is 167 Å². The van der Waals surface area contributed by atoms with Crippen molar-refractivity contribution in [3.05, 3.63) is 54.0 Å². The molecule has 0 radical (unpaired) electrons. The molecule has 7 nitrogen and oxygen atoms in total. The summed E-state index contributed by atoms with van der Waals surface area (Å²) < 4.78 is 5.00. The van der Waals surface area contributed by atoms with Crippen molar-refractivity contribution in [3.8, 4) is 10.6 Å². The van der Waals surface area contributed by atoms with Gasteiger partial charge in [0.05, 0.1) is 6.26 Å². The predicted octanol–water partition coefficient (Wildman–Crippen LogP) is 4.07. The topological polar surface area (TPSA) is 97.1 Å². The molecule has 0 aliphatic carbocycles. The summed E-state index contributed by atoms with van der Waals surface area (Å²) in [5.74, 6) is 0.280. The fourth-order valence-corrected chi connectivity index (χ4v) is 3.29. The van der Waals surface area contributed by atoms with E-state index < -0.39 is 0 Å². The molecule has 2 aromatic heterocycles. The molecule has 0 spiro atoms. The Morgan fingerprint density at radius 2 is 1.93 bits per heavy atom. The second-order valence-electron chi connectivity index (χ2n) is 6.57. The monoisotopic (exact) mass is 398 g/mol. The number of nitrogens with one attached hydrogen (secondary N) is 2. The predicted molar refractivity (Wildman–Crippen MR) is 108 cm³/mol. The maximum absolute atomic E-state index is 12.0. The SMILES string of the molecule is CC(C)c1ccc(-c2nnc(NC(=O)CCCNC(=O)c3ccco3)s2)cc1. The van der Waals surface area contributed by atoms with Crippen LogP contribution in [0.2, 0.25) is 0 Å². The van der Waals surface area contributed by atoms with Crippen LogP contribution < -0.4 is 10.6 Å². The normalized spacial score (nSPS) is 10.8. The van der Waals surface area contributed by atoms with Crippen LogP contribution in [-0.2, 0) is 4.79 Å². The molecule has 0 saturated carbocycles. The van der Waals surface area contributed by atoms with E-state index >= 15 is 0 Å². The molecule has 0 bridgehead atoms. The Balaban J connectivity index is 1.44. The molecule has 0 atom stereocenters. The van der Waals surface area contributed by atoms with Gasteiger partial charge in [0, 0.05) is 18.5 Å². The lowest BCUT2D eigenvalue weighted by atomic mass is 10.0. The van der Waals surface area contributed by atoms with E-state index in [-0.39, 0.29) is 24.0 Å². The average molecular weight is 398 g/mol. The van der Waals surface area contributed by atoms with Gasteiger partial charge in [0.2, 0.25) is 11.0 Å². The van der Waals surface area contributed by atoms with Crippen molar-refractivity contribution in [3.63, 3.8) is 0 Å². The van der Waals surface area contributed by atoms with Gasteiger partial charge in [-0.05, 0) is 30.0 Å². The molecular formula is C20H22N4O3S. The number of rotatable bonds is 8. The Morgan fingerprint density at radius 3 is 2.61 bits per heavy atom. The van der Waals surface area contributed by atoms with E-state index in [9.17, 15) is 9.59 Å². The maximum atomic E-state index is 12.0. The summed E-state index contributed by atoms with van der Waals surface area (Å²) in [5, 5.41) is 14.9. The van der Waals surface area contributed by atoms with Crippen LogP contribution in [0.1, 0.15) is 48.7 Å². The molecule has 0 aliphatic heterocycles. The van der Waals surface area contributed by atoms with Crippen LogP contribution in [0, 0.1) is 0 Å². The summed E-state index contributed by atoms with van der Waals surface area (Å²) in [6, 6.07) is 11.4. The van der Waals surface area contributed by atoms with Gasteiger partial charge in [-0.3, -0.25) is 9.59 Å². The van der Waals surface area contributed by atoms with Gasteiger partial charge in [0.25, 0.3) is 5.91 Å². The third kappa shape index (κ3) is 5.26. The summed E-state index contributed by atoms with van der Waals surface area (Å²) in [6.07, 6.45) is 2.23. The van der Waals surface area contributed by atoms with Gasteiger partial charge in [-0.2, -0.15) is 0 Å². The fraction of sp³-hybridized carbons (Fsp3) is 0.300. The van der Waals surface area contributed by atoms with Crippen molar-refractivity contribution in [2.24, 2.45) is 0 Å². The largest absolute Gasteiger partial charge is 0.459 e. The minimum absolute atomic E-state index is 0.162. The molecule has 0 saturated heterocycles. The maximum Gasteiger partial charge on any atom is 0.286 e. The van der Waals surface area contributed by atoms with Crippen molar-refractivity contribution in [1.29, 1.82) is 0 Å². The minimum Gasteiger partial charge on any atom is -0.459 e. The van der Waals surface area contributed by atoms with Crippen molar-refractivity contribution in [1.82, 2.24) is 15.5 Å². The molecule has 1 aromatic carbocycles. The molecule has 2 amide bonds. The van der Waals surface area contributed by atoms with Crippen molar-refractivity contribution < 1.29 is 14.0 Å². The van der Waals surface area contributed by atoms with Crippen LogP contribution in [0.5, 0.6) is 0 Å². The van der Waals surface area contributed by atoms with Crippen molar-refractivity contribution >= 4 is 28.3 Å². The first kappa shape index (κ1) is 19.8. The highest BCUT2D eigenvalue weighted by Gasteiger charge is 2.11. The minimum atomic E-state index is -0.289. The van der Waals surface area contributed by atoms with Gasteiger partial charge in [-0.25, -0.2) is 0 Å². The summed E-state index contributed by atoms with van der Waals surface area (Å²) in [7, 11) is 0. The van der Waals surface area contributed by atoms with E-state index in [1.165, 1.54) is 23.2 Å². The number of anilines is 1. The smallest absolute Gasteiger partial charge is 0.286 e. The van der Waals surface area contributed by atoms with Gasteiger partial charge in [-0.15, -0.1) is 10.2 Å². The number of carbonyl (C=O) groups is 2. The number of nitrogens with zero attached hydrogens (tertiary/aromatic N) is 2. The number of hydrogen-bond donors (Lipinski definition) is 2. The number of carbonyl (C=O) groups excluding carboxylic acids is 2. The first-order chi connectivity index (χ1) is 13.5. The Kier molecular flexibility index (Phi) is 6.54. The van der Waals surface area contributed by atoms with E-state index in [2.05, 4.69) is 46.8 Å². The second-order valence-corrected chi connectivity index (χ2v) is 7.55. The van der Waals surface area contributed by atoms with Gasteiger partial charge in [-0.1, -0.05) is 49.4 Å². The molecule has 3 aromatic rings. The molecule has 0 unspecified atom stereocenters. The zero-order chi connectivity index (χ0) is 19.9. The number of hydrogen-bond acceptors (Lipinski definition) is 6. The molecule has 0 aliphatic rings. The van der Waals surface area contributed by atoms with Crippen LogP contribution in [-0.4, -0.2) is 28.6 Å². The number of benzene rings is 1. The summed E-state index contributed by atoms with van der Waals surface area (Å²) in [5.41, 5.74) is 2.24. The van der Waals surface area contributed by atoms with Crippen LogP contribution in [0.15, 0.2) is 47.1 Å². The van der Waals surface area contributed by atoms with E-state index in [0.717, 1.165) is 10.6 Å². The summed E-state index contributed by atoms with van der Waals surface area (Å²) in [6.45, 7) is 4.68. The molecule has 2 N–H and O–H groups in total. The van der Waals surface area contributed by atoms with Crippen LogP contribution in [0.25, 0.3) is 10.6 Å². The lowest BCUT2D eigenvalue weighted by Gasteiger charge is -2.05. The molecule has 146 valence electrons. The summed E-state index contributed by atoms with van der Waals surface area (Å²) in [4.78, 5) is 23.8. The lowest BCUT2D eigenvalue weighted by molar-refractivity contribution is -0.116. The Morgan fingerprint density at radius 1 is 1.14 bits per heavy atom. The highest BCUT2D eigenvalue weighted by atomic mass is 32.1.